The van der Waals surface area contributed by atoms with Crippen molar-refractivity contribution in [1.82, 2.24) is 4.90 Å². The number of carbonyl (C=O) groups is 1. The van der Waals surface area contributed by atoms with Crippen molar-refractivity contribution in [3.8, 4) is 0 Å². The van der Waals surface area contributed by atoms with Crippen molar-refractivity contribution in [1.29, 1.82) is 0 Å². The fourth-order valence-electron chi connectivity index (χ4n) is 3.39. The number of fused-ring (bicyclic) bond motifs is 1. The van der Waals surface area contributed by atoms with E-state index in [2.05, 4.69) is 13.8 Å². The molecule has 0 spiro atoms. The van der Waals surface area contributed by atoms with E-state index in [4.69, 9.17) is 5.11 Å². The van der Waals surface area contributed by atoms with Crippen LogP contribution in [0.15, 0.2) is 0 Å². The van der Waals surface area contributed by atoms with Crippen LogP contribution < -0.4 is 0 Å². The summed E-state index contributed by atoms with van der Waals surface area (Å²) in [4.78, 5) is 13.1. The Morgan fingerprint density at radius 3 is 2.71 bits per heavy atom. The quantitative estimate of drug-likeness (QED) is 0.691. The number of hydrogen-bond donors (Lipinski definition) is 1. The van der Waals surface area contributed by atoms with Gasteiger partial charge in [0, 0.05) is 6.54 Å². The van der Waals surface area contributed by atoms with Gasteiger partial charge in [-0.25, -0.2) is 0 Å². The monoisotopic (exact) mass is 197 g/mol. The molecule has 2 fully saturated rings. The molecule has 80 valence electrons. The van der Waals surface area contributed by atoms with Crippen LogP contribution in [0.5, 0.6) is 0 Å². The molecular weight excluding hydrogens is 178 g/mol. The van der Waals surface area contributed by atoms with Crippen LogP contribution in [0.2, 0.25) is 0 Å². The molecule has 3 atom stereocenters. The molecule has 2 rings (SSSR count). The van der Waals surface area contributed by atoms with E-state index in [-0.39, 0.29) is 6.04 Å². The highest BCUT2D eigenvalue weighted by molar-refractivity contribution is 5.74. The molecule has 1 aliphatic heterocycles. The van der Waals surface area contributed by atoms with Gasteiger partial charge in [-0.2, -0.15) is 0 Å². The van der Waals surface area contributed by atoms with Crippen molar-refractivity contribution in [3.63, 3.8) is 0 Å². The van der Waals surface area contributed by atoms with Crippen LogP contribution in [0.3, 0.4) is 0 Å². The van der Waals surface area contributed by atoms with Gasteiger partial charge in [0.05, 0.1) is 0 Å². The van der Waals surface area contributed by atoms with E-state index in [1.807, 2.05) is 11.9 Å². The molecule has 0 aromatic rings. The van der Waals surface area contributed by atoms with Crippen molar-refractivity contribution >= 4 is 5.97 Å². The molecule has 0 amide bonds. The van der Waals surface area contributed by atoms with Gasteiger partial charge in [0.25, 0.3) is 0 Å². The molecule has 1 N–H and O–H groups in total. The number of carboxylic acid groups (broad SMARTS) is 1. The molecule has 3 nitrogen and oxygen atoms in total. The van der Waals surface area contributed by atoms with Crippen molar-refractivity contribution < 1.29 is 9.90 Å². The summed E-state index contributed by atoms with van der Waals surface area (Å²) >= 11 is 0. The first kappa shape index (κ1) is 9.97. The lowest BCUT2D eigenvalue weighted by Crippen LogP contribution is -2.36. The topological polar surface area (TPSA) is 40.5 Å². The summed E-state index contributed by atoms with van der Waals surface area (Å²) in [6, 6.07) is -0.234. The molecule has 2 aliphatic rings. The van der Waals surface area contributed by atoms with Crippen molar-refractivity contribution in [2.75, 3.05) is 13.6 Å². The van der Waals surface area contributed by atoms with Gasteiger partial charge in [0.2, 0.25) is 0 Å². The predicted molar refractivity (Wildman–Crippen MR) is 54.0 cm³/mol. The molecule has 0 radical (unpaired) electrons. The lowest BCUT2D eigenvalue weighted by atomic mass is 9.79. The number of likely N-dealkylation sites (tertiary alicyclic amines) is 1. The summed E-state index contributed by atoms with van der Waals surface area (Å²) in [7, 11) is 1.94. The van der Waals surface area contributed by atoms with E-state index in [9.17, 15) is 4.79 Å². The minimum Gasteiger partial charge on any atom is -0.480 e. The maximum atomic E-state index is 11.1. The highest BCUT2D eigenvalue weighted by Gasteiger charge is 2.53. The van der Waals surface area contributed by atoms with Gasteiger partial charge in [-0.15, -0.1) is 0 Å². The zero-order chi connectivity index (χ0) is 10.5. The first-order valence-corrected chi connectivity index (χ1v) is 5.36. The summed E-state index contributed by atoms with van der Waals surface area (Å²) in [5, 5.41) is 9.16. The van der Waals surface area contributed by atoms with Gasteiger partial charge in [0.1, 0.15) is 6.04 Å². The maximum absolute atomic E-state index is 11.1. The van der Waals surface area contributed by atoms with Gasteiger partial charge < -0.3 is 5.11 Å². The van der Waals surface area contributed by atoms with Gasteiger partial charge in [0.15, 0.2) is 0 Å². The molecule has 1 aliphatic carbocycles. The predicted octanol–water partition coefficient (Wildman–Crippen LogP) is 1.44. The minimum atomic E-state index is -0.641. The summed E-state index contributed by atoms with van der Waals surface area (Å²) in [5.41, 5.74) is 0.336. The van der Waals surface area contributed by atoms with Crippen LogP contribution >= 0.6 is 0 Å². The smallest absolute Gasteiger partial charge is 0.321 e. The lowest BCUT2D eigenvalue weighted by molar-refractivity contribution is -0.143. The number of carboxylic acids is 1. The standard InChI is InChI=1S/C11H19NO2/c1-11(2)5-4-7-8(11)6-12(3)9(7)10(13)14/h7-9H,4-6H2,1-3H3,(H,13,14)/t7-,8-,9-/m0/s1. The molecule has 14 heavy (non-hydrogen) atoms. The summed E-state index contributed by atoms with van der Waals surface area (Å²) in [5.74, 6) is 0.318. The van der Waals surface area contributed by atoms with Crippen LogP contribution in [0.25, 0.3) is 0 Å². The van der Waals surface area contributed by atoms with Crippen molar-refractivity contribution in [2.45, 2.75) is 32.7 Å². The Morgan fingerprint density at radius 2 is 2.14 bits per heavy atom. The van der Waals surface area contributed by atoms with Gasteiger partial charge in [-0.3, -0.25) is 9.69 Å². The molecule has 1 saturated carbocycles. The third kappa shape index (κ3) is 1.26. The second-order valence-corrected chi connectivity index (χ2v) is 5.52. The number of hydrogen-bond acceptors (Lipinski definition) is 2. The highest BCUT2D eigenvalue weighted by Crippen LogP contribution is 2.52. The molecular formula is C11H19NO2. The van der Waals surface area contributed by atoms with Crippen LogP contribution in [0.4, 0.5) is 0 Å². The van der Waals surface area contributed by atoms with E-state index in [1.165, 1.54) is 6.42 Å². The average molecular weight is 197 g/mol. The minimum absolute atomic E-state index is 0.234. The number of rotatable bonds is 1. The van der Waals surface area contributed by atoms with E-state index < -0.39 is 5.97 Å². The molecule has 0 unspecified atom stereocenters. The largest absolute Gasteiger partial charge is 0.480 e. The molecule has 1 saturated heterocycles. The fourth-order valence-corrected chi connectivity index (χ4v) is 3.39. The number of nitrogens with zero attached hydrogens (tertiary/aromatic N) is 1. The third-order valence-electron chi connectivity index (χ3n) is 4.26. The summed E-state index contributed by atoms with van der Waals surface area (Å²) in [6.07, 6.45) is 2.26. The Kier molecular flexibility index (Phi) is 2.11. The van der Waals surface area contributed by atoms with E-state index >= 15 is 0 Å². The first-order valence-electron chi connectivity index (χ1n) is 5.36. The fraction of sp³-hybridized carbons (Fsp3) is 0.909. The Balaban J connectivity index is 2.23. The number of aliphatic carboxylic acids is 1. The molecule has 0 bridgehead atoms. The average Bonchev–Trinajstić information content (AvgIpc) is 2.50. The van der Waals surface area contributed by atoms with Gasteiger partial charge in [-0.05, 0) is 37.1 Å². The molecule has 3 heteroatoms. The Morgan fingerprint density at radius 1 is 1.50 bits per heavy atom. The van der Waals surface area contributed by atoms with E-state index in [0.29, 0.717) is 17.3 Å². The first-order chi connectivity index (χ1) is 6.43. The van der Waals surface area contributed by atoms with Crippen LogP contribution in [0, 0.1) is 17.3 Å². The van der Waals surface area contributed by atoms with Crippen LogP contribution in [0.1, 0.15) is 26.7 Å². The zero-order valence-corrected chi connectivity index (χ0v) is 9.16. The lowest BCUT2D eigenvalue weighted by Gasteiger charge is -2.25. The second kappa shape index (κ2) is 2.96. The Hall–Kier alpha value is -0.570. The maximum Gasteiger partial charge on any atom is 0.321 e. The third-order valence-corrected chi connectivity index (χ3v) is 4.26. The zero-order valence-electron chi connectivity index (χ0n) is 9.16. The molecule has 0 aromatic carbocycles. The molecule has 0 aromatic heterocycles. The van der Waals surface area contributed by atoms with Crippen molar-refractivity contribution in [2.24, 2.45) is 17.3 Å². The van der Waals surface area contributed by atoms with Crippen LogP contribution in [-0.4, -0.2) is 35.6 Å². The summed E-state index contributed by atoms with van der Waals surface area (Å²) in [6.45, 7) is 5.50. The van der Waals surface area contributed by atoms with Crippen molar-refractivity contribution in [3.05, 3.63) is 0 Å². The van der Waals surface area contributed by atoms with E-state index in [0.717, 1.165) is 13.0 Å². The SMILES string of the molecule is CN1C[C@H]2[C@H](CCC2(C)C)[C@H]1C(=O)O. The van der Waals surface area contributed by atoms with E-state index in [1.54, 1.807) is 0 Å². The van der Waals surface area contributed by atoms with Gasteiger partial charge >= 0.3 is 5.97 Å². The Bertz CT molecular complexity index is 262. The molecule has 1 heterocycles. The second-order valence-electron chi connectivity index (χ2n) is 5.52. The normalized spacial score (nSPS) is 41.2. The number of likely N-dealkylation sites (N-methyl/N-ethyl adjacent to an activating group) is 1. The van der Waals surface area contributed by atoms with Gasteiger partial charge in [-0.1, -0.05) is 13.8 Å². The summed E-state index contributed by atoms with van der Waals surface area (Å²) < 4.78 is 0. The van der Waals surface area contributed by atoms with Crippen LogP contribution in [-0.2, 0) is 4.79 Å². The Labute approximate surface area is 85.1 Å². The highest BCUT2D eigenvalue weighted by atomic mass is 16.4.